The fraction of sp³-hybridized carbons (Fsp3) is 0.0769. The number of nitrogens with one attached hydrogen (secondary N) is 1. The Morgan fingerprint density at radius 2 is 2.19 bits per heavy atom. The molecule has 1 amide bonds. The van der Waals surface area contributed by atoms with Gasteiger partial charge in [0.15, 0.2) is 10.8 Å². The summed E-state index contributed by atoms with van der Waals surface area (Å²) in [5.74, 6) is -0.331. The van der Waals surface area contributed by atoms with Crippen molar-refractivity contribution >= 4 is 38.3 Å². The number of para-hydroxylation sites is 1. The number of anilines is 1. The van der Waals surface area contributed by atoms with Crippen molar-refractivity contribution in [3.8, 4) is 5.69 Å². The molecular weight excluding hydrogens is 354 g/mol. The molecule has 0 radical (unpaired) electrons. The number of carbonyl (C=O) groups excluding carboxylic acids is 1. The molecular formula is C13H10BrN5OS. The van der Waals surface area contributed by atoms with Crippen LogP contribution >= 0.6 is 27.3 Å². The maximum atomic E-state index is 12.1. The molecule has 8 heteroatoms. The lowest BCUT2D eigenvalue weighted by molar-refractivity contribution is 0.102. The molecule has 0 spiro atoms. The van der Waals surface area contributed by atoms with E-state index >= 15 is 0 Å². The third-order valence-electron chi connectivity index (χ3n) is 2.67. The van der Waals surface area contributed by atoms with Crippen molar-refractivity contribution in [2.45, 2.75) is 6.92 Å². The summed E-state index contributed by atoms with van der Waals surface area (Å²) in [5, 5.41) is 11.1. The maximum Gasteiger partial charge on any atom is 0.279 e. The van der Waals surface area contributed by atoms with Gasteiger partial charge in [0.05, 0.1) is 11.9 Å². The first-order chi connectivity index (χ1) is 10.1. The first kappa shape index (κ1) is 13.9. The summed E-state index contributed by atoms with van der Waals surface area (Å²) < 4.78 is 2.42. The predicted molar refractivity (Wildman–Crippen MR) is 83.9 cm³/mol. The third-order valence-corrected chi connectivity index (χ3v) is 4.17. The van der Waals surface area contributed by atoms with Crippen LogP contribution in [-0.4, -0.2) is 25.9 Å². The molecule has 0 bridgehead atoms. The van der Waals surface area contributed by atoms with Crippen LogP contribution in [0.25, 0.3) is 5.69 Å². The van der Waals surface area contributed by atoms with Crippen LogP contribution in [0.3, 0.4) is 0 Å². The molecule has 0 saturated carbocycles. The normalized spacial score (nSPS) is 10.6. The molecule has 0 fully saturated rings. The Labute approximate surface area is 133 Å². The van der Waals surface area contributed by atoms with Gasteiger partial charge in [-0.15, -0.1) is 16.4 Å². The summed E-state index contributed by atoms with van der Waals surface area (Å²) in [6.07, 6.45) is 3.29. The second kappa shape index (κ2) is 5.74. The lowest BCUT2D eigenvalue weighted by Gasteiger charge is -2.01. The number of benzene rings is 1. The Bertz CT molecular complexity index is 797. The van der Waals surface area contributed by atoms with Crippen molar-refractivity contribution in [3.63, 3.8) is 0 Å². The van der Waals surface area contributed by atoms with Crippen LogP contribution in [0.4, 0.5) is 5.13 Å². The van der Waals surface area contributed by atoms with E-state index in [4.69, 9.17) is 0 Å². The number of rotatable bonds is 3. The van der Waals surface area contributed by atoms with Crippen LogP contribution in [-0.2, 0) is 0 Å². The van der Waals surface area contributed by atoms with E-state index in [0.29, 0.717) is 5.13 Å². The van der Waals surface area contributed by atoms with Crippen LogP contribution in [0.1, 0.15) is 15.4 Å². The van der Waals surface area contributed by atoms with Crippen LogP contribution in [0.5, 0.6) is 0 Å². The van der Waals surface area contributed by atoms with Gasteiger partial charge in [-0.3, -0.25) is 10.1 Å². The fourth-order valence-electron chi connectivity index (χ4n) is 1.70. The second-order valence-corrected chi connectivity index (χ2v) is 6.32. The SMILES string of the molecule is Cc1cnc(NC(=O)c2cn(-c3ccccc3Br)nn2)s1. The Hall–Kier alpha value is -2.06. The van der Waals surface area contributed by atoms with E-state index < -0.39 is 0 Å². The molecule has 1 N–H and O–H groups in total. The molecule has 2 aromatic heterocycles. The Morgan fingerprint density at radius 3 is 2.90 bits per heavy atom. The molecule has 0 aliphatic heterocycles. The summed E-state index contributed by atoms with van der Waals surface area (Å²) in [4.78, 5) is 17.2. The van der Waals surface area contributed by atoms with Crippen molar-refractivity contribution < 1.29 is 4.79 Å². The summed E-state index contributed by atoms with van der Waals surface area (Å²) in [6.45, 7) is 1.93. The molecule has 21 heavy (non-hydrogen) atoms. The second-order valence-electron chi connectivity index (χ2n) is 4.23. The molecule has 0 aliphatic carbocycles. The zero-order valence-electron chi connectivity index (χ0n) is 10.9. The molecule has 2 heterocycles. The minimum atomic E-state index is -0.331. The van der Waals surface area contributed by atoms with E-state index in [2.05, 4.69) is 36.5 Å². The molecule has 0 atom stereocenters. The Balaban J connectivity index is 1.82. The number of aromatic nitrogens is 4. The highest BCUT2D eigenvalue weighted by Crippen LogP contribution is 2.20. The number of hydrogen-bond acceptors (Lipinski definition) is 5. The number of hydrogen-bond donors (Lipinski definition) is 1. The van der Waals surface area contributed by atoms with Gasteiger partial charge >= 0.3 is 0 Å². The molecule has 106 valence electrons. The minimum Gasteiger partial charge on any atom is -0.296 e. The molecule has 3 rings (SSSR count). The van der Waals surface area contributed by atoms with Gasteiger partial charge in [-0.05, 0) is 35.0 Å². The zero-order valence-corrected chi connectivity index (χ0v) is 13.3. The lowest BCUT2D eigenvalue weighted by Crippen LogP contribution is -2.12. The van der Waals surface area contributed by atoms with E-state index in [1.807, 2.05) is 31.2 Å². The van der Waals surface area contributed by atoms with Crippen molar-refractivity contribution in [2.75, 3.05) is 5.32 Å². The molecule has 0 saturated heterocycles. The van der Waals surface area contributed by atoms with Crippen molar-refractivity contribution in [1.29, 1.82) is 0 Å². The van der Waals surface area contributed by atoms with E-state index in [0.717, 1.165) is 15.0 Å². The topological polar surface area (TPSA) is 72.7 Å². The van der Waals surface area contributed by atoms with Crippen LogP contribution in [0.2, 0.25) is 0 Å². The monoisotopic (exact) mass is 363 g/mol. The van der Waals surface area contributed by atoms with Gasteiger partial charge in [-0.25, -0.2) is 9.67 Å². The summed E-state index contributed by atoms with van der Waals surface area (Å²) in [6, 6.07) is 7.57. The summed E-state index contributed by atoms with van der Waals surface area (Å²) in [7, 11) is 0. The summed E-state index contributed by atoms with van der Waals surface area (Å²) in [5.41, 5.74) is 1.05. The average Bonchev–Trinajstić information content (AvgIpc) is 3.09. The van der Waals surface area contributed by atoms with Crippen molar-refractivity contribution in [2.24, 2.45) is 0 Å². The van der Waals surface area contributed by atoms with E-state index in [-0.39, 0.29) is 11.6 Å². The quantitative estimate of drug-likeness (QED) is 0.775. The number of thiazole rings is 1. The van der Waals surface area contributed by atoms with Gasteiger partial charge < -0.3 is 0 Å². The zero-order chi connectivity index (χ0) is 14.8. The minimum absolute atomic E-state index is 0.235. The number of halogens is 1. The highest BCUT2D eigenvalue weighted by Gasteiger charge is 2.14. The van der Waals surface area contributed by atoms with Crippen LogP contribution in [0.15, 0.2) is 41.1 Å². The van der Waals surface area contributed by atoms with Crippen LogP contribution < -0.4 is 5.32 Å². The highest BCUT2D eigenvalue weighted by atomic mass is 79.9. The standard InChI is InChI=1S/C13H10BrN5OS/c1-8-6-15-13(21-8)16-12(20)10-7-19(18-17-10)11-5-3-2-4-9(11)14/h2-7H,1H3,(H,15,16,20). The lowest BCUT2D eigenvalue weighted by atomic mass is 10.3. The number of amides is 1. The number of aryl methyl sites for hydroxylation is 1. The summed E-state index contributed by atoms with van der Waals surface area (Å²) >= 11 is 4.85. The van der Waals surface area contributed by atoms with Gasteiger partial charge in [-0.2, -0.15) is 0 Å². The first-order valence-electron chi connectivity index (χ1n) is 6.04. The Morgan fingerprint density at radius 1 is 1.38 bits per heavy atom. The van der Waals surface area contributed by atoms with Gasteiger partial charge in [0.25, 0.3) is 5.91 Å². The van der Waals surface area contributed by atoms with Crippen molar-refractivity contribution in [1.82, 2.24) is 20.0 Å². The average molecular weight is 364 g/mol. The fourth-order valence-corrected chi connectivity index (χ4v) is 2.82. The largest absolute Gasteiger partial charge is 0.296 e. The van der Waals surface area contributed by atoms with E-state index in [9.17, 15) is 4.79 Å². The molecule has 3 aromatic rings. The van der Waals surface area contributed by atoms with E-state index in [1.54, 1.807) is 17.1 Å². The van der Waals surface area contributed by atoms with Gasteiger partial charge in [0, 0.05) is 15.5 Å². The Kier molecular flexibility index (Phi) is 3.80. The van der Waals surface area contributed by atoms with E-state index in [1.165, 1.54) is 11.3 Å². The van der Waals surface area contributed by atoms with Gasteiger partial charge in [-0.1, -0.05) is 17.3 Å². The molecule has 6 nitrogen and oxygen atoms in total. The molecule has 0 unspecified atom stereocenters. The first-order valence-corrected chi connectivity index (χ1v) is 7.65. The van der Waals surface area contributed by atoms with Gasteiger partial charge in [0.1, 0.15) is 0 Å². The van der Waals surface area contributed by atoms with Gasteiger partial charge in [0.2, 0.25) is 0 Å². The molecule has 0 aliphatic rings. The van der Waals surface area contributed by atoms with Crippen molar-refractivity contribution in [3.05, 3.63) is 51.7 Å². The predicted octanol–water partition coefficient (Wildman–Crippen LogP) is 3.05. The smallest absolute Gasteiger partial charge is 0.279 e. The maximum absolute atomic E-state index is 12.1. The highest BCUT2D eigenvalue weighted by molar-refractivity contribution is 9.10. The molecule has 1 aromatic carbocycles. The van der Waals surface area contributed by atoms with Crippen LogP contribution in [0, 0.1) is 6.92 Å². The number of nitrogens with zero attached hydrogens (tertiary/aromatic N) is 4. The third kappa shape index (κ3) is 3.01. The number of carbonyl (C=O) groups is 1.